The molecule has 0 saturated heterocycles. The molecule has 2 N–H and O–H groups in total. The number of rotatable bonds is 9. The smallest absolute Gasteiger partial charge is 0.387 e. The molecule has 0 atom stereocenters. The summed E-state index contributed by atoms with van der Waals surface area (Å²) in [6.07, 6.45) is 2.23. The van der Waals surface area contributed by atoms with Gasteiger partial charge in [0.2, 0.25) is 11.8 Å². The third kappa shape index (κ3) is 8.58. The van der Waals surface area contributed by atoms with Gasteiger partial charge >= 0.3 is 13.2 Å². The second-order valence-corrected chi connectivity index (χ2v) is 4.56. The van der Waals surface area contributed by atoms with Gasteiger partial charge in [0.15, 0.2) is 0 Å². The highest BCUT2D eigenvalue weighted by Gasteiger charge is 2.12. The van der Waals surface area contributed by atoms with Gasteiger partial charge in [-0.2, -0.15) is 17.6 Å². The average molecular weight is 364 g/mol. The minimum Gasteiger partial charge on any atom is -0.435 e. The van der Waals surface area contributed by atoms with Crippen LogP contribution in [0, 0.1) is 0 Å². The number of benzene rings is 1. The number of halogens is 4. The van der Waals surface area contributed by atoms with Crippen molar-refractivity contribution in [1.29, 1.82) is 0 Å². The first-order valence-electron chi connectivity index (χ1n) is 7.02. The van der Waals surface area contributed by atoms with Gasteiger partial charge in [0.25, 0.3) is 0 Å². The molecule has 0 unspecified atom stereocenters. The Bertz CT molecular complexity index is 624. The molecule has 25 heavy (non-hydrogen) atoms. The molecule has 0 aliphatic heterocycles. The molecular formula is C15H16F4N2O4. The maximum absolute atomic E-state index is 12.4. The van der Waals surface area contributed by atoms with E-state index in [1.807, 2.05) is 0 Å². The predicted octanol–water partition coefficient (Wildman–Crippen LogP) is 2.15. The summed E-state index contributed by atoms with van der Waals surface area (Å²) in [6, 6.07) is 3.18. The molecule has 1 aromatic carbocycles. The monoisotopic (exact) mass is 364 g/mol. The van der Waals surface area contributed by atoms with Crippen molar-refractivity contribution >= 4 is 17.9 Å². The van der Waals surface area contributed by atoms with Gasteiger partial charge in [-0.05, 0) is 18.2 Å². The highest BCUT2D eigenvalue weighted by Crippen LogP contribution is 2.28. The maximum Gasteiger partial charge on any atom is 0.387 e. The highest BCUT2D eigenvalue weighted by molar-refractivity contribution is 5.92. The van der Waals surface area contributed by atoms with Crippen molar-refractivity contribution in [2.45, 2.75) is 20.1 Å². The Morgan fingerprint density at radius 3 is 2.32 bits per heavy atom. The van der Waals surface area contributed by atoms with Crippen LogP contribution < -0.4 is 20.1 Å². The standard InChI is InChI=1S/C15H16F4N2O4/c1-9(22)20-6-7-21-13(23)5-3-10-2-4-11(24-14(16)17)8-12(10)25-15(18)19/h2-5,8,14-15H,6-7H2,1H3,(H,20,22)(H,21,23). The number of ether oxygens (including phenoxy) is 2. The fourth-order valence-corrected chi connectivity index (χ4v) is 1.68. The summed E-state index contributed by atoms with van der Waals surface area (Å²) in [5.74, 6) is -1.57. The fraction of sp³-hybridized carbons (Fsp3) is 0.333. The van der Waals surface area contributed by atoms with Crippen molar-refractivity contribution in [3.05, 3.63) is 29.8 Å². The van der Waals surface area contributed by atoms with Crippen LogP contribution in [0.4, 0.5) is 17.6 Å². The first-order valence-corrected chi connectivity index (χ1v) is 7.02. The summed E-state index contributed by atoms with van der Waals surface area (Å²) < 4.78 is 57.5. The minimum absolute atomic E-state index is 0.0685. The molecule has 1 aromatic rings. The zero-order valence-corrected chi connectivity index (χ0v) is 13.1. The van der Waals surface area contributed by atoms with E-state index in [2.05, 4.69) is 20.1 Å². The molecule has 0 saturated carbocycles. The topological polar surface area (TPSA) is 76.7 Å². The largest absolute Gasteiger partial charge is 0.435 e. The molecule has 10 heteroatoms. The van der Waals surface area contributed by atoms with Crippen LogP contribution in [0.3, 0.4) is 0 Å². The zero-order chi connectivity index (χ0) is 18.8. The number of carbonyl (C=O) groups excluding carboxylic acids is 2. The van der Waals surface area contributed by atoms with Crippen LogP contribution in [0.15, 0.2) is 24.3 Å². The number of hydrogen-bond acceptors (Lipinski definition) is 4. The SMILES string of the molecule is CC(=O)NCCNC(=O)C=Cc1ccc(OC(F)F)cc1OC(F)F. The highest BCUT2D eigenvalue weighted by atomic mass is 19.3. The Morgan fingerprint density at radius 1 is 1.08 bits per heavy atom. The zero-order valence-electron chi connectivity index (χ0n) is 13.1. The number of alkyl halides is 4. The molecule has 0 aromatic heterocycles. The van der Waals surface area contributed by atoms with Crippen LogP contribution in [0.2, 0.25) is 0 Å². The van der Waals surface area contributed by atoms with Gasteiger partial charge in [-0.1, -0.05) is 0 Å². The molecule has 138 valence electrons. The quantitative estimate of drug-likeness (QED) is 0.400. The van der Waals surface area contributed by atoms with E-state index >= 15 is 0 Å². The van der Waals surface area contributed by atoms with Crippen LogP contribution in [-0.2, 0) is 9.59 Å². The summed E-state index contributed by atoms with van der Waals surface area (Å²) in [7, 11) is 0. The van der Waals surface area contributed by atoms with E-state index in [0.717, 1.165) is 18.2 Å². The van der Waals surface area contributed by atoms with Gasteiger partial charge in [0.1, 0.15) is 11.5 Å². The van der Waals surface area contributed by atoms with Crippen LogP contribution in [-0.4, -0.2) is 38.1 Å². The molecule has 2 amide bonds. The van der Waals surface area contributed by atoms with Crippen molar-refractivity contribution in [1.82, 2.24) is 10.6 Å². The molecule has 0 heterocycles. The predicted molar refractivity (Wildman–Crippen MR) is 80.4 cm³/mol. The maximum atomic E-state index is 12.4. The summed E-state index contributed by atoms with van der Waals surface area (Å²) >= 11 is 0. The van der Waals surface area contributed by atoms with Crippen molar-refractivity contribution in [2.75, 3.05) is 13.1 Å². The van der Waals surface area contributed by atoms with Crippen molar-refractivity contribution in [3.63, 3.8) is 0 Å². The second-order valence-electron chi connectivity index (χ2n) is 4.56. The van der Waals surface area contributed by atoms with Crippen molar-refractivity contribution in [2.24, 2.45) is 0 Å². The molecule has 0 spiro atoms. The Hall–Kier alpha value is -2.78. The van der Waals surface area contributed by atoms with Gasteiger partial charge in [0.05, 0.1) is 0 Å². The summed E-state index contributed by atoms with van der Waals surface area (Å²) in [5, 5.41) is 4.92. The van der Waals surface area contributed by atoms with Gasteiger partial charge in [0, 0.05) is 37.7 Å². The summed E-state index contributed by atoms with van der Waals surface area (Å²) in [6.45, 7) is -4.57. The Labute approximate surface area is 140 Å². The van der Waals surface area contributed by atoms with Crippen molar-refractivity contribution < 1.29 is 36.6 Å². The van der Waals surface area contributed by atoms with Gasteiger partial charge < -0.3 is 20.1 Å². The van der Waals surface area contributed by atoms with E-state index in [-0.39, 0.29) is 30.3 Å². The lowest BCUT2D eigenvalue weighted by Crippen LogP contribution is -2.32. The van der Waals surface area contributed by atoms with E-state index in [1.165, 1.54) is 19.1 Å². The fourth-order valence-electron chi connectivity index (χ4n) is 1.68. The van der Waals surface area contributed by atoms with E-state index in [4.69, 9.17) is 0 Å². The number of hydrogen-bond donors (Lipinski definition) is 2. The van der Waals surface area contributed by atoms with Gasteiger partial charge in [-0.3, -0.25) is 9.59 Å². The third-order valence-corrected chi connectivity index (χ3v) is 2.64. The van der Waals surface area contributed by atoms with E-state index < -0.39 is 24.9 Å². The molecule has 1 rings (SSSR count). The van der Waals surface area contributed by atoms with E-state index in [9.17, 15) is 27.2 Å². The first kappa shape index (κ1) is 20.3. The number of carbonyl (C=O) groups is 2. The molecule has 0 aliphatic carbocycles. The lowest BCUT2D eigenvalue weighted by atomic mass is 10.1. The Balaban J connectivity index is 2.74. The Kier molecular flexibility index (Phi) is 8.24. The van der Waals surface area contributed by atoms with E-state index in [0.29, 0.717) is 0 Å². The molecular weight excluding hydrogens is 348 g/mol. The van der Waals surface area contributed by atoms with Gasteiger partial charge in [-0.25, -0.2) is 0 Å². The Morgan fingerprint density at radius 2 is 1.72 bits per heavy atom. The second kappa shape index (κ2) is 10.2. The first-order chi connectivity index (χ1) is 11.8. The lowest BCUT2D eigenvalue weighted by Gasteiger charge is -2.11. The number of nitrogens with one attached hydrogen (secondary N) is 2. The minimum atomic E-state index is -3.18. The third-order valence-electron chi connectivity index (χ3n) is 2.64. The summed E-state index contributed by atoms with van der Waals surface area (Å²) in [5.41, 5.74) is 0.0685. The lowest BCUT2D eigenvalue weighted by molar-refractivity contribution is -0.119. The molecule has 0 radical (unpaired) electrons. The molecule has 0 fully saturated rings. The van der Waals surface area contributed by atoms with Crippen LogP contribution in [0.1, 0.15) is 12.5 Å². The number of amides is 2. The van der Waals surface area contributed by atoms with Crippen LogP contribution in [0.25, 0.3) is 6.08 Å². The normalized spacial score (nSPS) is 11.0. The van der Waals surface area contributed by atoms with Gasteiger partial charge in [-0.15, -0.1) is 0 Å². The molecule has 0 aliphatic rings. The van der Waals surface area contributed by atoms with E-state index in [1.54, 1.807) is 0 Å². The van der Waals surface area contributed by atoms with Crippen LogP contribution in [0.5, 0.6) is 11.5 Å². The molecule has 0 bridgehead atoms. The van der Waals surface area contributed by atoms with Crippen LogP contribution >= 0.6 is 0 Å². The van der Waals surface area contributed by atoms with Crippen molar-refractivity contribution in [3.8, 4) is 11.5 Å². The average Bonchev–Trinajstić information content (AvgIpc) is 2.49. The molecule has 6 nitrogen and oxygen atoms in total. The summed E-state index contributed by atoms with van der Waals surface area (Å²) in [4.78, 5) is 22.2.